The Bertz CT molecular complexity index is 579. The van der Waals surface area contributed by atoms with Crippen molar-refractivity contribution >= 4 is 35.7 Å². The molecule has 1 saturated heterocycles. The Hall–Kier alpha value is -1.75. The first-order valence-corrected chi connectivity index (χ1v) is 8.08. The maximum atomic E-state index is 11.9. The molecular formula is C17H23ClN2O3. The zero-order valence-corrected chi connectivity index (χ0v) is 13.9. The SMILES string of the molecule is Cl.O=C(O)c1ccc(NC(=O)C2CC2)cc1N1CCCCCC1. The highest BCUT2D eigenvalue weighted by molar-refractivity contribution is 5.98. The van der Waals surface area contributed by atoms with E-state index in [0.717, 1.165) is 44.5 Å². The Morgan fingerprint density at radius 3 is 2.30 bits per heavy atom. The van der Waals surface area contributed by atoms with Crippen LogP contribution in [-0.4, -0.2) is 30.1 Å². The average Bonchev–Trinajstić information content (AvgIpc) is 3.33. The van der Waals surface area contributed by atoms with Crippen molar-refractivity contribution < 1.29 is 14.7 Å². The van der Waals surface area contributed by atoms with Gasteiger partial charge in [-0.1, -0.05) is 12.8 Å². The van der Waals surface area contributed by atoms with E-state index in [-0.39, 0.29) is 24.2 Å². The van der Waals surface area contributed by atoms with E-state index in [4.69, 9.17) is 0 Å². The summed E-state index contributed by atoms with van der Waals surface area (Å²) in [6.07, 6.45) is 6.46. The number of hydrogen-bond donors (Lipinski definition) is 2. The van der Waals surface area contributed by atoms with Crippen molar-refractivity contribution in [2.45, 2.75) is 38.5 Å². The van der Waals surface area contributed by atoms with Crippen LogP contribution in [0.15, 0.2) is 18.2 Å². The third-order valence-electron chi connectivity index (χ3n) is 4.39. The predicted molar refractivity (Wildman–Crippen MR) is 92.7 cm³/mol. The molecule has 2 N–H and O–H groups in total. The molecule has 2 aliphatic rings. The van der Waals surface area contributed by atoms with Gasteiger partial charge in [-0.15, -0.1) is 12.4 Å². The Kier molecular flexibility index (Phi) is 5.88. The van der Waals surface area contributed by atoms with Crippen LogP contribution in [0, 0.1) is 5.92 Å². The molecule has 1 aliphatic carbocycles. The fourth-order valence-corrected chi connectivity index (χ4v) is 2.95. The van der Waals surface area contributed by atoms with E-state index in [9.17, 15) is 14.7 Å². The molecule has 0 radical (unpaired) electrons. The second kappa shape index (κ2) is 7.68. The summed E-state index contributed by atoms with van der Waals surface area (Å²) < 4.78 is 0. The molecule has 1 aliphatic heterocycles. The van der Waals surface area contributed by atoms with E-state index in [1.54, 1.807) is 12.1 Å². The lowest BCUT2D eigenvalue weighted by atomic mass is 10.1. The van der Waals surface area contributed by atoms with Gasteiger partial charge in [-0.05, 0) is 43.9 Å². The normalized spacial score (nSPS) is 17.8. The lowest BCUT2D eigenvalue weighted by Gasteiger charge is -2.25. The van der Waals surface area contributed by atoms with E-state index in [0.29, 0.717) is 11.3 Å². The number of halogens is 1. The highest BCUT2D eigenvalue weighted by Crippen LogP contribution is 2.32. The van der Waals surface area contributed by atoms with Gasteiger partial charge < -0.3 is 15.3 Å². The number of nitrogens with zero attached hydrogens (tertiary/aromatic N) is 1. The average molecular weight is 339 g/mol. The summed E-state index contributed by atoms with van der Waals surface area (Å²) in [5.74, 6) is -0.731. The van der Waals surface area contributed by atoms with Crippen LogP contribution in [0.1, 0.15) is 48.9 Å². The minimum absolute atomic E-state index is 0. The summed E-state index contributed by atoms with van der Waals surface area (Å²) in [4.78, 5) is 25.5. The number of carbonyl (C=O) groups excluding carboxylic acids is 1. The Morgan fingerprint density at radius 1 is 1.09 bits per heavy atom. The van der Waals surface area contributed by atoms with Gasteiger partial charge in [-0.2, -0.15) is 0 Å². The summed E-state index contributed by atoms with van der Waals surface area (Å²) >= 11 is 0. The van der Waals surface area contributed by atoms with Crippen LogP contribution in [0.3, 0.4) is 0 Å². The van der Waals surface area contributed by atoms with Crippen LogP contribution < -0.4 is 10.2 Å². The molecule has 23 heavy (non-hydrogen) atoms. The highest BCUT2D eigenvalue weighted by atomic mass is 35.5. The number of anilines is 2. The standard InChI is InChI=1S/C17H22N2O3.ClH/c20-16(12-5-6-12)18-13-7-8-14(17(21)22)15(11-13)19-9-3-1-2-4-10-19;/h7-8,11-12H,1-6,9-10H2,(H,18,20)(H,21,22);1H. The molecule has 0 atom stereocenters. The molecule has 1 saturated carbocycles. The zero-order chi connectivity index (χ0) is 15.5. The number of amides is 1. The van der Waals surface area contributed by atoms with Gasteiger partial charge in [0.1, 0.15) is 0 Å². The molecule has 1 amide bonds. The number of nitrogens with one attached hydrogen (secondary N) is 1. The van der Waals surface area contributed by atoms with Crippen LogP contribution in [0.25, 0.3) is 0 Å². The van der Waals surface area contributed by atoms with E-state index in [1.165, 1.54) is 12.8 Å². The van der Waals surface area contributed by atoms with Gasteiger partial charge in [0.2, 0.25) is 5.91 Å². The molecule has 2 fully saturated rings. The molecular weight excluding hydrogens is 316 g/mol. The van der Waals surface area contributed by atoms with Crippen molar-refractivity contribution in [3.63, 3.8) is 0 Å². The summed E-state index contributed by atoms with van der Waals surface area (Å²) in [7, 11) is 0. The van der Waals surface area contributed by atoms with Crippen molar-refractivity contribution in [3.8, 4) is 0 Å². The predicted octanol–water partition coefficient (Wildman–Crippen LogP) is 3.54. The molecule has 1 aromatic rings. The molecule has 126 valence electrons. The largest absolute Gasteiger partial charge is 0.478 e. The molecule has 1 aromatic carbocycles. The van der Waals surface area contributed by atoms with Gasteiger partial charge >= 0.3 is 5.97 Å². The van der Waals surface area contributed by atoms with Crippen molar-refractivity contribution in [2.24, 2.45) is 5.92 Å². The van der Waals surface area contributed by atoms with Crippen LogP contribution in [0.4, 0.5) is 11.4 Å². The van der Waals surface area contributed by atoms with Gasteiger partial charge in [-0.3, -0.25) is 4.79 Å². The molecule has 0 unspecified atom stereocenters. The highest BCUT2D eigenvalue weighted by Gasteiger charge is 2.29. The Balaban J connectivity index is 0.00000192. The van der Waals surface area contributed by atoms with Gasteiger partial charge in [0.15, 0.2) is 0 Å². The van der Waals surface area contributed by atoms with Crippen LogP contribution in [0.5, 0.6) is 0 Å². The number of carbonyl (C=O) groups is 2. The lowest BCUT2D eigenvalue weighted by molar-refractivity contribution is -0.117. The molecule has 5 nitrogen and oxygen atoms in total. The van der Waals surface area contributed by atoms with E-state index in [2.05, 4.69) is 10.2 Å². The first kappa shape index (κ1) is 17.6. The van der Waals surface area contributed by atoms with Crippen molar-refractivity contribution in [2.75, 3.05) is 23.3 Å². The van der Waals surface area contributed by atoms with Gasteiger partial charge in [0.25, 0.3) is 0 Å². The van der Waals surface area contributed by atoms with E-state index in [1.807, 2.05) is 6.07 Å². The maximum Gasteiger partial charge on any atom is 0.337 e. The molecule has 1 heterocycles. The van der Waals surface area contributed by atoms with Crippen molar-refractivity contribution in [3.05, 3.63) is 23.8 Å². The summed E-state index contributed by atoms with van der Waals surface area (Å²) in [6, 6.07) is 5.10. The van der Waals surface area contributed by atoms with E-state index < -0.39 is 5.97 Å². The number of aromatic carboxylic acids is 1. The topological polar surface area (TPSA) is 69.6 Å². The van der Waals surface area contributed by atoms with Gasteiger partial charge in [0, 0.05) is 24.7 Å². The molecule has 3 rings (SSSR count). The first-order valence-electron chi connectivity index (χ1n) is 8.08. The third kappa shape index (κ3) is 4.38. The Labute approximate surface area is 142 Å². The monoisotopic (exact) mass is 338 g/mol. The molecule has 0 aromatic heterocycles. The maximum absolute atomic E-state index is 11.9. The van der Waals surface area contributed by atoms with Crippen LogP contribution in [0.2, 0.25) is 0 Å². The van der Waals surface area contributed by atoms with Crippen molar-refractivity contribution in [1.82, 2.24) is 0 Å². The number of rotatable bonds is 4. The second-order valence-electron chi connectivity index (χ2n) is 6.20. The second-order valence-corrected chi connectivity index (χ2v) is 6.20. The smallest absolute Gasteiger partial charge is 0.337 e. The first-order chi connectivity index (χ1) is 10.6. The number of benzene rings is 1. The summed E-state index contributed by atoms with van der Waals surface area (Å²) in [6.45, 7) is 1.75. The minimum atomic E-state index is -0.917. The fourth-order valence-electron chi connectivity index (χ4n) is 2.95. The van der Waals surface area contributed by atoms with Gasteiger partial charge in [0.05, 0.1) is 11.3 Å². The number of hydrogen-bond acceptors (Lipinski definition) is 3. The fraction of sp³-hybridized carbons (Fsp3) is 0.529. The van der Waals surface area contributed by atoms with Crippen LogP contribution in [-0.2, 0) is 4.79 Å². The van der Waals surface area contributed by atoms with Crippen molar-refractivity contribution in [1.29, 1.82) is 0 Å². The van der Waals surface area contributed by atoms with Crippen LogP contribution >= 0.6 is 12.4 Å². The molecule has 0 spiro atoms. The number of carboxylic acid groups (broad SMARTS) is 1. The minimum Gasteiger partial charge on any atom is -0.478 e. The summed E-state index contributed by atoms with van der Waals surface area (Å²) in [5, 5.41) is 12.3. The van der Waals surface area contributed by atoms with E-state index >= 15 is 0 Å². The zero-order valence-electron chi connectivity index (χ0n) is 13.1. The Morgan fingerprint density at radius 2 is 1.74 bits per heavy atom. The quantitative estimate of drug-likeness (QED) is 0.881. The lowest BCUT2D eigenvalue weighted by Crippen LogP contribution is -2.26. The summed E-state index contributed by atoms with van der Waals surface area (Å²) in [5.41, 5.74) is 1.73. The number of carboxylic acids is 1. The third-order valence-corrected chi connectivity index (χ3v) is 4.39. The molecule has 6 heteroatoms. The molecule has 0 bridgehead atoms. The van der Waals surface area contributed by atoms with Gasteiger partial charge in [-0.25, -0.2) is 4.79 Å².